The van der Waals surface area contributed by atoms with Crippen LogP contribution in [0, 0.1) is 0 Å². The van der Waals surface area contributed by atoms with Crippen molar-refractivity contribution in [2.75, 3.05) is 6.26 Å². The topological polar surface area (TPSA) is 34.1 Å². The molecule has 0 aromatic rings. The van der Waals surface area contributed by atoms with Crippen LogP contribution in [0.2, 0.25) is 0 Å². The van der Waals surface area contributed by atoms with Gasteiger partial charge in [0.2, 0.25) is 0 Å². The zero-order valence-corrected chi connectivity index (χ0v) is 3.42. The summed E-state index contributed by atoms with van der Waals surface area (Å²) in [6.07, 6.45) is 0.493. The molecule has 34 valence electrons. The van der Waals surface area contributed by atoms with Gasteiger partial charge >= 0.3 is 18.9 Å². The molecule has 0 bridgehead atoms. The summed E-state index contributed by atoms with van der Waals surface area (Å²) in [5.74, 6) is 0. The second-order valence-corrected chi connectivity index (χ2v) is 2.04. The Morgan fingerprint density at radius 1 is 1.50 bits per heavy atom. The zero-order valence-electron chi connectivity index (χ0n) is 2.60. The number of rotatable bonds is 0. The summed E-state index contributed by atoms with van der Waals surface area (Å²) in [6, 6.07) is 0. The molecule has 0 amide bonds. The van der Waals surface area contributed by atoms with Crippen molar-refractivity contribution in [1.29, 1.82) is 0 Å². The van der Waals surface area contributed by atoms with Gasteiger partial charge in [0, 0.05) is 0 Å². The van der Waals surface area contributed by atoms with E-state index < -0.39 is 10.2 Å². The van der Waals surface area contributed by atoms with Crippen molar-refractivity contribution in [2.45, 2.75) is 0 Å². The van der Waals surface area contributed by atoms with Crippen LogP contribution in [-0.4, -0.2) is 33.5 Å². The first-order chi connectivity index (χ1) is 2.00. The third-order valence-electron chi connectivity index (χ3n) is 0. The predicted molar refractivity (Wildman–Crippen MR) is 23.1 cm³/mol. The molecule has 0 spiro atoms. The quantitative estimate of drug-likeness (QED) is 0.301. The average Bonchev–Trinajstić information content (AvgIpc) is 0.722. The molecule has 0 unspecified atom stereocenters. The summed E-state index contributed by atoms with van der Waals surface area (Å²) >= 11 is 0. The van der Waals surface area contributed by atoms with E-state index in [0.29, 0.717) is 6.26 Å². The van der Waals surface area contributed by atoms with Gasteiger partial charge in [-0.2, -0.15) is 8.42 Å². The van der Waals surface area contributed by atoms with Gasteiger partial charge in [0.05, 0.1) is 6.26 Å². The van der Waals surface area contributed by atoms with Gasteiger partial charge in [0.1, 0.15) is 0 Å². The van der Waals surface area contributed by atoms with Crippen LogP contribution in [-0.2, 0) is 10.2 Å². The Hall–Kier alpha value is 0.477. The van der Waals surface area contributed by atoms with Crippen LogP contribution in [0.15, 0.2) is 0 Å². The second kappa shape index (κ2) is 2.62. The zero-order chi connectivity index (χ0) is 4.50. The van der Waals surface area contributed by atoms with Crippen LogP contribution < -0.4 is 0 Å². The summed E-state index contributed by atoms with van der Waals surface area (Å²) in [5.41, 5.74) is 0. The van der Waals surface area contributed by atoms with Crippen LogP contribution in [0.4, 0.5) is 3.89 Å². The van der Waals surface area contributed by atoms with Gasteiger partial charge in [-0.05, 0) is 0 Å². The molecule has 0 N–H and O–H groups in total. The molecule has 0 aliphatic rings. The van der Waals surface area contributed by atoms with E-state index in [0.717, 1.165) is 0 Å². The molecule has 0 aromatic heterocycles. The van der Waals surface area contributed by atoms with Crippen LogP contribution >= 0.6 is 0 Å². The standard InChI is InChI=1S/CH3FO2S.Li.H/c1-5(2,3)4;;/h1H3;;. The van der Waals surface area contributed by atoms with Gasteiger partial charge < -0.3 is 0 Å². The average molecular weight is 106 g/mol. The Morgan fingerprint density at radius 2 is 1.50 bits per heavy atom. The van der Waals surface area contributed by atoms with E-state index in [1.165, 1.54) is 0 Å². The maximum atomic E-state index is 10.7. The van der Waals surface area contributed by atoms with E-state index in [2.05, 4.69) is 0 Å². The molecule has 0 heterocycles. The third-order valence-corrected chi connectivity index (χ3v) is 0. The van der Waals surface area contributed by atoms with Gasteiger partial charge in [-0.15, -0.1) is 3.89 Å². The van der Waals surface area contributed by atoms with E-state index in [9.17, 15) is 3.89 Å². The van der Waals surface area contributed by atoms with Crippen LogP contribution in [0.1, 0.15) is 0 Å². The van der Waals surface area contributed by atoms with Gasteiger partial charge in [0.15, 0.2) is 0 Å². The third kappa shape index (κ3) is 238. The molecule has 2 nitrogen and oxygen atoms in total. The van der Waals surface area contributed by atoms with Gasteiger partial charge in [-0.1, -0.05) is 0 Å². The van der Waals surface area contributed by atoms with E-state index in [-0.39, 0.29) is 18.9 Å². The molecule has 0 saturated carbocycles. The minimum absolute atomic E-state index is 0. The molecule has 0 aromatic carbocycles. The molecule has 0 rings (SSSR count). The maximum absolute atomic E-state index is 10.7. The van der Waals surface area contributed by atoms with E-state index >= 15 is 0 Å². The van der Waals surface area contributed by atoms with E-state index in [4.69, 9.17) is 8.42 Å². The Balaban J connectivity index is 0. The van der Waals surface area contributed by atoms with Crippen LogP contribution in [0.25, 0.3) is 0 Å². The fourth-order valence-corrected chi connectivity index (χ4v) is 0. The van der Waals surface area contributed by atoms with Crippen molar-refractivity contribution in [3.05, 3.63) is 0 Å². The first kappa shape index (κ1) is 9.69. The van der Waals surface area contributed by atoms with Crippen molar-refractivity contribution in [1.82, 2.24) is 0 Å². The number of hydrogen-bond acceptors (Lipinski definition) is 2. The van der Waals surface area contributed by atoms with Gasteiger partial charge in [-0.25, -0.2) is 0 Å². The summed E-state index contributed by atoms with van der Waals surface area (Å²) < 4.78 is 28.6. The molecule has 0 aliphatic heterocycles. The normalized spacial score (nSPS) is 9.67. The summed E-state index contributed by atoms with van der Waals surface area (Å²) in [7, 11) is -4.17. The van der Waals surface area contributed by atoms with Crippen LogP contribution in [0.5, 0.6) is 0 Å². The van der Waals surface area contributed by atoms with Crippen molar-refractivity contribution >= 4 is 29.1 Å². The van der Waals surface area contributed by atoms with Crippen LogP contribution in [0.3, 0.4) is 0 Å². The molecule has 0 radical (unpaired) electrons. The predicted octanol–water partition coefficient (Wildman–Crippen LogP) is -0.733. The monoisotopic (exact) mass is 106 g/mol. The molecule has 0 fully saturated rings. The summed E-state index contributed by atoms with van der Waals surface area (Å²) in [5, 5.41) is 0. The minimum atomic E-state index is -4.17. The number of halogens is 1. The van der Waals surface area contributed by atoms with Gasteiger partial charge in [-0.3, -0.25) is 0 Å². The fourth-order valence-electron chi connectivity index (χ4n) is 0. The molecule has 0 aliphatic carbocycles. The summed E-state index contributed by atoms with van der Waals surface area (Å²) in [6.45, 7) is 0. The molecule has 0 atom stereocenters. The number of hydrogen-bond donors (Lipinski definition) is 0. The molecule has 0 saturated heterocycles. The molecule has 6 heavy (non-hydrogen) atoms. The SMILES string of the molecule is CS(=O)(=O)F.[LiH]. The van der Waals surface area contributed by atoms with Crippen molar-refractivity contribution in [3.8, 4) is 0 Å². The van der Waals surface area contributed by atoms with E-state index in [1.807, 2.05) is 0 Å². The van der Waals surface area contributed by atoms with Crippen molar-refractivity contribution in [2.24, 2.45) is 0 Å². The van der Waals surface area contributed by atoms with E-state index in [1.54, 1.807) is 0 Å². The Bertz CT molecular complexity index is 96.7. The molecular weight excluding hydrogens is 102 g/mol. The Labute approximate surface area is 48.1 Å². The fraction of sp³-hybridized carbons (Fsp3) is 1.00. The first-order valence-corrected chi connectivity index (χ1v) is 2.69. The van der Waals surface area contributed by atoms with Gasteiger partial charge in [0.25, 0.3) is 10.2 Å². The first-order valence-electron chi connectivity index (χ1n) is 0.896. The second-order valence-electron chi connectivity index (χ2n) is 0.682. The summed E-state index contributed by atoms with van der Waals surface area (Å²) in [4.78, 5) is 0. The molecular formula is CH4FLiO2S. The van der Waals surface area contributed by atoms with Crippen molar-refractivity contribution in [3.63, 3.8) is 0 Å². The molecule has 5 heteroatoms. The van der Waals surface area contributed by atoms with Crippen molar-refractivity contribution < 1.29 is 12.3 Å². The Kier molecular flexibility index (Phi) is 4.23. The Morgan fingerprint density at radius 3 is 1.50 bits per heavy atom.